The van der Waals surface area contributed by atoms with Crippen LogP contribution in [0.25, 0.3) is 0 Å². The van der Waals surface area contributed by atoms with Crippen molar-refractivity contribution in [2.75, 3.05) is 37.4 Å². The molecule has 0 fully saturated rings. The van der Waals surface area contributed by atoms with Crippen molar-refractivity contribution in [3.05, 3.63) is 0 Å². The van der Waals surface area contributed by atoms with Crippen LogP contribution in [-0.4, -0.2) is 47.9 Å². The molecule has 0 aromatic carbocycles. The molecule has 0 unspecified atom stereocenters. The number of ether oxygens (including phenoxy) is 2. The molecule has 1 rings (SSSR count). The third kappa shape index (κ3) is 5.13. The summed E-state index contributed by atoms with van der Waals surface area (Å²) in [5, 5.41) is 5.93. The van der Waals surface area contributed by atoms with Crippen molar-refractivity contribution in [3.63, 3.8) is 0 Å². The Kier molecular flexibility index (Phi) is 6.13. The monoisotopic (exact) mass is 255 g/mol. The predicted molar refractivity (Wildman–Crippen MR) is 70.1 cm³/mol. The van der Waals surface area contributed by atoms with Crippen molar-refractivity contribution in [1.29, 1.82) is 0 Å². The van der Waals surface area contributed by atoms with E-state index in [1.807, 2.05) is 20.8 Å². The third-order valence-corrected chi connectivity index (χ3v) is 1.91. The molecule has 7 heteroatoms. The first-order valence-electron chi connectivity index (χ1n) is 6.07. The van der Waals surface area contributed by atoms with Crippen LogP contribution >= 0.6 is 0 Å². The van der Waals surface area contributed by atoms with Gasteiger partial charge < -0.3 is 20.1 Å². The highest BCUT2D eigenvalue weighted by atomic mass is 16.5. The lowest BCUT2D eigenvalue weighted by molar-refractivity contribution is 0.158. The molecule has 0 aliphatic heterocycles. The fourth-order valence-electron chi connectivity index (χ4n) is 1.19. The van der Waals surface area contributed by atoms with Crippen LogP contribution in [-0.2, 0) is 4.74 Å². The van der Waals surface area contributed by atoms with Crippen molar-refractivity contribution in [2.24, 2.45) is 0 Å². The summed E-state index contributed by atoms with van der Waals surface area (Å²) in [5.74, 6) is 0.948. The van der Waals surface area contributed by atoms with Gasteiger partial charge in [-0.2, -0.15) is 15.0 Å². The molecule has 0 bridgehead atoms. The molecule has 2 N–H and O–H groups in total. The number of rotatable bonds is 8. The Hall–Kier alpha value is -1.63. The molecule has 1 heterocycles. The number of aromatic nitrogens is 3. The molecule has 1 aromatic heterocycles. The number of hydrogen-bond donors (Lipinski definition) is 2. The molecule has 18 heavy (non-hydrogen) atoms. The lowest BCUT2D eigenvalue weighted by Gasteiger charge is -2.11. The SMILES string of the molecule is CCOCCNc1nc(NC)nc(OC(C)C)n1. The summed E-state index contributed by atoms with van der Waals surface area (Å²) >= 11 is 0. The average molecular weight is 255 g/mol. The van der Waals surface area contributed by atoms with Crippen molar-refractivity contribution in [3.8, 4) is 6.01 Å². The summed E-state index contributed by atoms with van der Waals surface area (Å²) in [5.41, 5.74) is 0. The second-order valence-corrected chi connectivity index (χ2v) is 3.81. The maximum atomic E-state index is 5.45. The van der Waals surface area contributed by atoms with Crippen LogP contribution in [0, 0.1) is 0 Å². The van der Waals surface area contributed by atoms with E-state index in [1.165, 1.54) is 0 Å². The summed E-state index contributed by atoms with van der Waals surface area (Å²) in [4.78, 5) is 12.5. The van der Waals surface area contributed by atoms with E-state index in [1.54, 1.807) is 7.05 Å². The first-order valence-corrected chi connectivity index (χ1v) is 6.07. The van der Waals surface area contributed by atoms with Gasteiger partial charge in [0, 0.05) is 20.2 Å². The van der Waals surface area contributed by atoms with Gasteiger partial charge >= 0.3 is 6.01 Å². The third-order valence-electron chi connectivity index (χ3n) is 1.91. The molecule has 102 valence electrons. The highest BCUT2D eigenvalue weighted by Gasteiger charge is 2.07. The van der Waals surface area contributed by atoms with E-state index in [9.17, 15) is 0 Å². The van der Waals surface area contributed by atoms with Crippen molar-refractivity contribution in [2.45, 2.75) is 26.9 Å². The Bertz CT molecular complexity index is 359. The van der Waals surface area contributed by atoms with Crippen LogP contribution in [0.2, 0.25) is 0 Å². The molecular weight excluding hydrogens is 234 g/mol. The molecule has 0 radical (unpaired) electrons. The molecule has 0 atom stereocenters. The molecule has 0 saturated heterocycles. The molecule has 0 amide bonds. The van der Waals surface area contributed by atoms with E-state index in [0.29, 0.717) is 37.7 Å². The Morgan fingerprint density at radius 1 is 1.17 bits per heavy atom. The highest BCUT2D eigenvalue weighted by molar-refractivity contribution is 5.35. The zero-order chi connectivity index (χ0) is 13.4. The number of nitrogens with one attached hydrogen (secondary N) is 2. The fourth-order valence-corrected chi connectivity index (χ4v) is 1.19. The van der Waals surface area contributed by atoms with Gasteiger partial charge in [0.2, 0.25) is 11.9 Å². The Morgan fingerprint density at radius 2 is 1.89 bits per heavy atom. The zero-order valence-electron chi connectivity index (χ0n) is 11.4. The molecule has 0 aliphatic carbocycles. The van der Waals surface area contributed by atoms with Gasteiger partial charge in [-0.25, -0.2) is 0 Å². The smallest absolute Gasteiger partial charge is 0.323 e. The lowest BCUT2D eigenvalue weighted by atomic mass is 10.5. The minimum absolute atomic E-state index is 0.0216. The number of nitrogens with zero attached hydrogens (tertiary/aromatic N) is 3. The minimum atomic E-state index is 0.0216. The second-order valence-electron chi connectivity index (χ2n) is 3.81. The van der Waals surface area contributed by atoms with Gasteiger partial charge in [-0.3, -0.25) is 0 Å². The summed E-state index contributed by atoms with van der Waals surface area (Å²) in [7, 11) is 1.75. The molecular formula is C11H21N5O2. The van der Waals surface area contributed by atoms with Crippen LogP contribution < -0.4 is 15.4 Å². The molecule has 7 nitrogen and oxygen atoms in total. The second kappa shape index (κ2) is 7.65. The first kappa shape index (κ1) is 14.4. The highest BCUT2D eigenvalue weighted by Crippen LogP contribution is 2.11. The normalized spacial score (nSPS) is 10.5. The summed E-state index contributed by atoms with van der Waals surface area (Å²) in [6.07, 6.45) is 0.0216. The molecule has 0 saturated carbocycles. The number of anilines is 2. The van der Waals surface area contributed by atoms with Crippen molar-refractivity contribution >= 4 is 11.9 Å². The van der Waals surface area contributed by atoms with Crippen LogP contribution in [0.5, 0.6) is 6.01 Å². The molecule has 0 spiro atoms. The lowest BCUT2D eigenvalue weighted by Crippen LogP contribution is -2.15. The van der Waals surface area contributed by atoms with Gasteiger partial charge in [0.15, 0.2) is 0 Å². The molecule has 1 aromatic rings. The maximum Gasteiger partial charge on any atom is 0.323 e. The van der Waals surface area contributed by atoms with Gasteiger partial charge in [0.25, 0.3) is 0 Å². The minimum Gasteiger partial charge on any atom is -0.461 e. The topological polar surface area (TPSA) is 81.2 Å². The average Bonchev–Trinajstić information content (AvgIpc) is 2.33. The maximum absolute atomic E-state index is 5.45. The Balaban J connectivity index is 2.64. The summed E-state index contributed by atoms with van der Waals surface area (Å²) in [6, 6.07) is 0.309. The summed E-state index contributed by atoms with van der Waals surface area (Å²) < 4.78 is 10.7. The van der Waals surface area contributed by atoms with Crippen molar-refractivity contribution < 1.29 is 9.47 Å². The van der Waals surface area contributed by atoms with Crippen LogP contribution in [0.15, 0.2) is 0 Å². The predicted octanol–water partition coefficient (Wildman–Crippen LogP) is 1.15. The quantitative estimate of drug-likeness (QED) is 0.674. The first-order chi connectivity index (χ1) is 8.65. The van der Waals surface area contributed by atoms with E-state index in [4.69, 9.17) is 9.47 Å². The van der Waals surface area contributed by atoms with E-state index >= 15 is 0 Å². The van der Waals surface area contributed by atoms with E-state index < -0.39 is 0 Å². The zero-order valence-corrected chi connectivity index (χ0v) is 11.4. The van der Waals surface area contributed by atoms with Gasteiger partial charge in [-0.15, -0.1) is 0 Å². The Morgan fingerprint density at radius 3 is 2.50 bits per heavy atom. The van der Waals surface area contributed by atoms with Crippen LogP contribution in [0.3, 0.4) is 0 Å². The fraction of sp³-hybridized carbons (Fsp3) is 0.727. The summed E-state index contributed by atoms with van der Waals surface area (Å²) in [6.45, 7) is 7.74. The number of hydrogen-bond acceptors (Lipinski definition) is 7. The van der Waals surface area contributed by atoms with Crippen LogP contribution in [0.4, 0.5) is 11.9 Å². The van der Waals surface area contributed by atoms with Gasteiger partial charge in [0.1, 0.15) is 0 Å². The molecule has 0 aliphatic rings. The van der Waals surface area contributed by atoms with E-state index in [-0.39, 0.29) is 6.10 Å². The van der Waals surface area contributed by atoms with E-state index in [0.717, 1.165) is 0 Å². The van der Waals surface area contributed by atoms with E-state index in [2.05, 4.69) is 25.6 Å². The Labute approximate surface area is 107 Å². The van der Waals surface area contributed by atoms with Crippen LogP contribution in [0.1, 0.15) is 20.8 Å². The largest absolute Gasteiger partial charge is 0.461 e. The van der Waals surface area contributed by atoms with Gasteiger partial charge in [0.05, 0.1) is 12.7 Å². The van der Waals surface area contributed by atoms with Gasteiger partial charge in [-0.1, -0.05) is 0 Å². The standard InChI is InChI=1S/C11H21N5O2/c1-5-17-7-6-13-10-14-9(12-4)15-11(16-10)18-8(2)3/h8H,5-7H2,1-4H3,(H2,12,13,14,15,16). The van der Waals surface area contributed by atoms with Crippen molar-refractivity contribution in [1.82, 2.24) is 15.0 Å². The van der Waals surface area contributed by atoms with Gasteiger partial charge in [-0.05, 0) is 20.8 Å².